The summed E-state index contributed by atoms with van der Waals surface area (Å²) in [6.07, 6.45) is -0.418. The number of hydrogen-bond donors (Lipinski definition) is 2. The predicted octanol–water partition coefficient (Wildman–Crippen LogP) is 6.16. The highest BCUT2D eigenvalue weighted by Gasteiger charge is 2.37. The van der Waals surface area contributed by atoms with Crippen molar-refractivity contribution in [2.75, 3.05) is 19.6 Å². The fraction of sp³-hybridized carbons (Fsp3) is 0.241. The van der Waals surface area contributed by atoms with Crippen LogP contribution < -0.4 is 10.1 Å². The van der Waals surface area contributed by atoms with Crippen molar-refractivity contribution < 1.29 is 19.4 Å². The molecule has 1 amide bonds. The molecule has 1 aliphatic rings. The lowest BCUT2D eigenvalue weighted by Gasteiger charge is -2.22. The number of carboxylic acid groups (broad SMARTS) is 1. The van der Waals surface area contributed by atoms with E-state index < -0.39 is 12.1 Å². The van der Waals surface area contributed by atoms with E-state index in [2.05, 4.69) is 54.0 Å². The van der Waals surface area contributed by atoms with E-state index >= 15 is 0 Å². The second kappa shape index (κ2) is 10.5. The number of nitrogens with one attached hydrogen (secondary N) is 1. The first-order valence-electron chi connectivity index (χ1n) is 12.0. The summed E-state index contributed by atoms with van der Waals surface area (Å²) < 4.78 is 6.86. The predicted molar refractivity (Wildman–Crippen MR) is 142 cm³/mol. The van der Waals surface area contributed by atoms with Gasteiger partial charge in [0.2, 0.25) is 0 Å². The summed E-state index contributed by atoms with van der Waals surface area (Å²) in [5, 5.41) is 16.3. The van der Waals surface area contributed by atoms with Gasteiger partial charge >= 0.3 is 12.1 Å². The molecule has 5 rings (SSSR count). The van der Waals surface area contributed by atoms with Gasteiger partial charge in [0.05, 0.1) is 5.56 Å². The summed E-state index contributed by atoms with van der Waals surface area (Å²) >= 11 is 1.76. The molecular weight excluding hydrogens is 472 g/mol. The van der Waals surface area contributed by atoms with Crippen molar-refractivity contribution in [3.05, 3.63) is 101 Å². The number of likely N-dealkylation sites (tertiary alicyclic amines) is 1. The molecule has 0 aliphatic carbocycles. The number of benzene rings is 3. The highest BCUT2D eigenvalue weighted by molar-refractivity contribution is 7.17. The first-order valence-corrected chi connectivity index (χ1v) is 12.9. The Kier molecular flexibility index (Phi) is 7.02. The molecule has 3 atom stereocenters. The normalized spacial score (nSPS) is 18.3. The lowest BCUT2D eigenvalue weighted by Crippen LogP contribution is -2.33. The maximum Gasteiger partial charge on any atom is 0.415 e. The fourth-order valence-corrected chi connectivity index (χ4v) is 5.96. The third-order valence-electron chi connectivity index (χ3n) is 6.90. The molecule has 7 heteroatoms. The van der Waals surface area contributed by atoms with Gasteiger partial charge in [-0.3, -0.25) is 0 Å². The lowest BCUT2D eigenvalue weighted by atomic mass is 9.88. The van der Waals surface area contributed by atoms with Gasteiger partial charge in [-0.05, 0) is 65.1 Å². The number of carbonyl (C=O) groups is 2. The highest BCUT2D eigenvalue weighted by Crippen LogP contribution is 2.34. The molecule has 0 radical (unpaired) electrons. The number of hydrogen-bond acceptors (Lipinski definition) is 5. The van der Waals surface area contributed by atoms with Crippen molar-refractivity contribution in [2.45, 2.75) is 18.9 Å². The van der Waals surface area contributed by atoms with Crippen LogP contribution in [0, 0.1) is 5.92 Å². The Bertz CT molecular complexity index is 1350. The Morgan fingerprint density at radius 3 is 2.50 bits per heavy atom. The number of fused-ring (bicyclic) bond motifs is 1. The number of nitrogens with zero attached hydrogens (tertiary/aromatic N) is 1. The standard InChI is InChI=1S/C29H28N2O4S/c1-19(26-18-36-27-10-6-5-9-24(26)27)30-15-22-16-31(17-25(22)20-7-3-2-4-8-20)29(34)35-23-13-11-21(12-14-23)28(32)33/h2-14,18-19,22,25,30H,15-17H2,1H3,(H,32,33)/t19?,22-,25-/m1/s1. The van der Waals surface area contributed by atoms with Gasteiger partial charge in [0.15, 0.2) is 0 Å². The van der Waals surface area contributed by atoms with Gasteiger partial charge in [-0.15, -0.1) is 11.3 Å². The summed E-state index contributed by atoms with van der Waals surface area (Å²) in [5.41, 5.74) is 2.66. The average Bonchev–Trinajstić information content (AvgIpc) is 3.53. The second-order valence-corrected chi connectivity index (χ2v) is 10.1. The van der Waals surface area contributed by atoms with E-state index in [0.717, 1.165) is 6.54 Å². The Morgan fingerprint density at radius 1 is 1.03 bits per heavy atom. The van der Waals surface area contributed by atoms with Crippen molar-refractivity contribution in [3.8, 4) is 5.75 Å². The summed E-state index contributed by atoms with van der Waals surface area (Å²) in [4.78, 5) is 25.8. The molecule has 1 aromatic heterocycles. The maximum atomic E-state index is 13.0. The molecule has 184 valence electrons. The maximum absolute atomic E-state index is 13.0. The van der Waals surface area contributed by atoms with Gasteiger partial charge in [0, 0.05) is 36.3 Å². The van der Waals surface area contributed by atoms with Gasteiger partial charge in [0.25, 0.3) is 0 Å². The van der Waals surface area contributed by atoms with Crippen LogP contribution in [0.25, 0.3) is 10.1 Å². The molecule has 0 saturated carbocycles. The first kappa shape index (κ1) is 24.0. The molecule has 1 fully saturated rings. The minimum atomic E-state index is -1.02. The zero-order valence-corrected chi connectivity index (χ0v) is 20.8. The lowest BCUT2D eigenvalue weighted by molar-refractivity contribution is 0.0697. The molecule has 6 nitrogen and oxygen atoms in total. The third kappa shape index (κ3) is 5.12. The van der Waals surface area contributed by atoms with Gasteiger partial charge in [-0.1, -0.05) is 48.5 Å². The van der Waals surface area contributed by atoms with Crippen LogP contribution in [-0.2, 0) is 0 Å². The Labute approximate surface area is 214 Å². The minimum Gasteiger partial charge on any atom is -0.478 e. The molecule has 1 saturated heterocycles. The zero-order valence-electron chi connectivity index (χ0n) is 20.0. The highest BCUT2D eigenvalue weighted by atomic mass is 32.1. The molecule has 2 heterocycles. The van der Waals surface area contributed by atoms with Crippen molar-refractivity contribution in [3.63, 3.8) is 0 Å². The Balaban J connectivity index is 1.28. The molecular formula is C29H28N2O4S. The minimum absolute atomic E-state index is 0.152. The Morgan fingerprint density at radius 2 is 1.75 bits per heavy atom. The molecule has 0 spiro atoms. The number of rotatable bonds is 7. The smallest absolute Gasteiger partial charge is 0.415 e. The van der Waals surface area contributed by atoms with Crippen molar-refractivity contribution in [1.82, 2.24) is 10.2 Å². The van der Waals surface area contributed by atoms with Crippen LogP contribution in [0.15, 0.2) is 84.2 Å². The van der Waals surface area contributed by atoms with Crippen molar-refractivity contribution in [1.29, 1.82) is 0 Å². The topological polar surface area (TPSA) is 78.9 Å². The number of aromatic carboxylic acids is 1. The monoisotopic (exact) mass is 500 g/mol. The van der Waals surface area contributed by atoms with Gasteiger partial charge in [-0.25, -0.2) is 9.59 Å². The number of carbonyl (C=O) groups excluding carboxylic acids is 1. The van der Waals surface area contributed by atoms with Crippen LogP contribution in [0.4, 0.5) is 4.79 Å². The van der Waals surface area contributed by atoms with Gasteiger partial charge in [-0.2, -0.15) is 0 Å². The van der Waals surface area contributed by atoms with Crippen LogP contribution in [0.2, 0.25) is 0 Å². The van der Waals surface area contributed by atoms with E-state index in [4.69, 9.17) is 9.84 Å². The van der Waals surface area contributed by atoms with E-state index in [1.165, 1.54) is 45.5 Å². The van der Waals surface area contributed by atoms with Crippen LogP contribution in [0.1, 0.15) is 40.4 Å². The van der Waals surface area contributed by atoms with E-state index in [0.29, 0.717) is 18.8 Å². The Hall–Kier alpha value is -3.68. The quantitative estimate of drug-likeness (QED) is 0.318. The van der Waals surface area contributed by atoms with Crippen LogP contribution in [-0.4, -0.2) is 41.7 Å². The largest absolute Gasteiger partial charge is 0.478 e. The summed E-state index contributed by atoms with van der Waals surface area (Å²) in [6.45, 7) is 4.10. The molecule has 4 aromatic rings. The van der Waals surface area contributed by atoms with E-state index in [-0.39, 0.29) is 23.4 Å². The van der Waals surface area contributed by atoms with Crippen LogP contribution >= 0.6 is 11.3 Å². The zero-order chi connectivity index (χ0) is 25.1. The van der Waals surface area contributed by atoms with Crippen molar-refractivity contribution >= 4 is 33.5 Å². The summed E-state index contributed by atoms with van der Waals surface area (Å²) in [7, 11) is 0. The average molecular weight is 501 g/mol. The van der Waals surface area contributed by atoms with Gasteiger partial charge < -0.3 is 20.1 Å². The van der Waals surface area contributed by atoms with Crippen LogP contribution in [0.5, 0.6) is 5.75 Å². The van der Waals surface area contributed by atoms with E-state index in [1.54, 1.807) is 16.2 Å². The van der Waals surface area contributed by atoms with Crippen molar-refractivity contribution in [2.24, 2.45) is 5.92 Å². The molecule has 0 bridgehead atoms. The number of thiophene rings is 1. The van der Waals surface area contributed by atoms with Gasteiger partial charge in [0.1, 0.15) is 5.75 Å². The molecule has 1 unspecified atom stereocenters. The molecule has 36 heavy (non-hydrogen) atoms. The summed E-state index contributed by atoms with van der Waals surface area (Å²) in [5.74, 6) is -0.271. The fourth-order valence-electron chi connectivity index (χ4n) is 4.91. The first-order chi connectivity index (χ1) is 17.5. The van der Waals surface area contributed by atoms with E-state index in [9.17, 15) is 9.59 Å². The number of carboxylic acids is 1. The summed E-state index contributed by atoms with van der Waals surface area (Å²) in [6, 6.07) is 24.8. The van der Waals surface area contributed by atoms with Crippen LogP contribution in [0.3, 0.4) is 0 Å². The SMILES string of the molecule is CC(NC[C@@H]1CN(C(=O)Oc2ccc(C(=O)O)cc2)C[C@@H]1c1ccccc1)c1csc2ccccc12. The molecule has 1 aliphatic heterocycles. The number of ether oxygens (including phenoxy) is 1. The third-order valence-corrected chi connectivity index (χ3v) is 7.88. The molecule has 3 aromatic carbocycles. The second-order valence-electron chi connectivity index (χ2n) is 9.20. The number of amides is 1. The molecule has 2 N–H and O–H groups in total. The van der Waals surface area contributed by atoms with E-state index in [1.807, 2.05) is 18.2 Å².